The van der Waals surface area contributed by atoms with Crippen molar-refractivity contribution in [2.45, 2.75) is 0 Å². The molecule has 2 aromatic rings. The van der Waals surface area contributed by atoms with Gasteiger partial charge in [0.1, 0.15) is 5.75 Å². The number of anilines is 1. The quantitative estimate of drug-likeness (QED) is 0.321. The highest BCUT2D eigenvalue weighted by molar-refractivity contribution is 5.99. The van der Waals surface area contributed by atoms with E-state index in [2.05, 4.69) is 15.6 Å². The van der Waals surface area contributed by atoms with Crippen LogP contribution in [0.25, 0.3) is 0 Å². The first-order valence-electron chi connectivity index (χ1n) is 6.09. The topological polar surface area (TPSA) is 115 Å². The number of ether oxygens (including phenoxy) is 1. The molecule has 1 aromatic heterocycles. The Labute approximate surface area is 120 Å². The lowest BCUT2D eigenvalue weighted by Gasteiger charge is -2.09. The van der Waals surface area contributed by atoms with Crippen LogP contribution in [0, 0.1) is 0 Å². The summed E-state index contributed by atoms with van der Waals surface area (Å²) in [5.74, 6) is 0.346. The highest BCUT2D eigenvalue weighted by atomic mass is 16.5. The number of hydrogen-bond donors (Lipinski definition) is 3. The zero-order valence-electron chi connectivity index (χ0n) is 11.4. The van der Waals surface area contributed by atoms with Crippen LogP contribution >= 0.6 is 0 Å². The van der Waals surface area contributed by atoms with Crippen molar-refractivity contribution in [3.8, 4) is 5.75 Å². The third-order valence-corrected chi connectivity index (χ3v) is 2.61. The Balaban J connectivity index is 1.98. The van der Waals surface area contributed by atoms with Crippen LogP contribution in [0.1, 0.15) is 5.56 Å². The van der Waals surface area contributed by atoms with Crippen LogP contribution in [0.2, 0.25) is 0 Å². The van der Waals surface area contributed by atoms with E-state index < -0.39 is 0 Å². The smallest absolute Gasteiger partial charge is 0.263 e. The molecule has 1 heterocycles. The number of carbonyl (C=O) groups excluding carboxylic acids is 1. The summed E-state index contributed by atoms with van der Waals surface area (Å²) in [5.41, 5.74) is 5.94. The molecule has 0 aliphatic rings. The van der Waals surface area contributed by atoms with E-state index in [-0.39, 0.29) is 18.3 Å². The average molecular weight is 289 g/mol. The van der Waals surface area contributed by atoms with E-state index in [9.17, 15) is 4.79 Å². The number of nitrogens with zero attached hydrogens (tertiary/aromatic N) is 3. The summed E-state index contributed by atoms with van der Waals surface area (Å²) in [5, 5.41) is 18.2. The fourth-order valence-corrected chi connectivity index (χ4v) is 1.66. The van der Waals surface area contributed by atoms with Crippen molar-refractivity contribution in [3.63, 3.8) is 0 Å². The maximum absolute atomic E-state index is 11.7. The summed E-state index contributed by atoms with van der Waals surface area (Å²) >= 11 is 0. The SMILES string of the molecule is Cn1ccc(NC(=O)COc2ccccc2/C(N)=N/O)n1. The maximum atomic E-state index is 11.7. The van der Waals surface area contributed by atoms with Gasteiger partial charge in [0.25, 0.3) is 5.91 Å². The van der Waals surface area contributed by atoms with Gasteiger partial charge in [-0.15, -0.1) is 0 Å². The third-order valence-electron chi connectivity index (χ3n) is 2.61. The van der Waals surface area contributed by atoms with E-state index in [0.717, 1.165) is 0 Å². The predicted molar refractivity (Wildman–Crippen MR) is 76.3 cm³/mol. The molecule has 110 valence electrons. The Kier molecular flexibility index (Phi) is 4.39. The number of hydrogen-bond acceptors (Lipinski definition) is 5. The number of aryl methyl sites for hydroxylation is 1. The van der Waals surface area contributed by atoms with Crippen LogP contribution < -0.4 is 15.8 Å². The minimum Gasteiger partial charge on any atom is -0.483 e. The molecular weight excluding hydrogens is 274 g/mol. The Morgan fingerprint density at radius 3 is 2.90 bits per heavy atom. The van der Waals surface area contributed by atoms with Gasteiger partial charge in [-0.2, -0.15) is 5.10 Å². The van der Waals surface area contributed by atoms with Crippen LogP contribution in [-0.2, 0) is 11.8 Å². The van der Waals surface area contributed by atoms with Gasteiger partial charge in [-0.3, -0.25) is 9.48 Å². The van der Waals surface area contributed by atoms with Gasteiger partial charge >= 0.3 is 0 Å². The van der Waals surface area contributed by atoms with Gasteiger partial charge in [0.15, 0.2) is 18.3 Å². The van der Waals surface area contributed by atoms with Gasteiger partial charge in [-0.25, -0.2) is 0 Å². The fourth-order valence-electron chi connectivity index (χ4n) is 1.66. The lowest BCUT2D eigenvalue weighted by Crippen LogP contribution is -2.22. The van der Waals surface area contributed by atoms with E-state index in [1.54, 1.807) is 48.3 Å². The molecule has 0 aliphatic carbocycles. The Bertz CT molecular complexity index is 665. The van der Waals surface area contributed by atoms with Gasteiger partial charge in [0.05, 0.1) is 5.56 Å². The number of amidine groups is 1. The second-order valence-electron chi connectivity index (χ2n) is 4.19. The van der Waals surface area contributed by atoms with E-state index in [1.165, 1.54) is 0 Å². The van der Waals surface area contributed by atoms with Crippen molar-refractivity contribution >= 4 is 17.6 Å². The molecule has 0 unspecified atom stereocenters. The van der Waals surface area contributed by atoms with Gasteiger partial charge < -0.3 is 21.0 Å². The fraction of sp³-hybridized carbons (Fsp3) is 0.154. The zero-order chi connectivity index (χ0) is 15.2. The van der Waals surface area contributed by atoms with Crippen LogP contribution in [0.4, 0.5) is 5.82 Å². The summed E-state index contributed by atoms with van der Waals surface area (Å²) in [4.78, 5) is 11.7. The van der Waals surface area contributed by atoms with Gasteiger partial charge in [0.2, 0.25) is 0 Å². The normalized spacial score (nSPS) is 11.2. The molecular formula is C13H15N5O3. The van der Waals surface area contributed by atoms with Crippen molar-refractivity contribution in [1.82, 2.24) is 9.78 Å². The van der Waals surface area contributed by atoms with Gasteiger partial charge in [-0.05, 0) is 12.1 Å². The van der Waals surface area contributed by atoms with E-state index in [4.69, 9.17) is 15.7 Å². The Morgan fingerprint density at radius 1 is 1.48 bits per heavy atom. The molecule has 21 heavy (non-hydrogen) atoms. The molecule has 0 radical (unpaired) electrons. The number of nitrogens with two attached hydrogens (primary N) is 1. The van der Waals surface area contributed by atoms with Crippen molar-refractivity contribution in [1.29, 1.82) is 0 Å². The molecule has 0 saturated carbocycles. The lowest BCUT2D eigenvalue weighted by atomic mass is 10.2. The maximum Gasteiger partial charge on any atom is 0.263 e. The Morgan fingerprint density at radius 2 is 2.24 bits per heavy atom. The van der Waals surface area contributed by atoms with E-state index >= 15 is 0 Å². The number of para-hydroxylation sites is 1. The lowest BCUT2D eigenvalue weighted by molar-refractivity contribution is -0.118. The minimum absolute atomic E-state index is 0.0873. The summed E-state index contributed by atoms with van der Waals surface area (Å²) in [6.07, 6.45) is 1.71. The zero-order valence-corrected chi connectivity index (χ0v) is 11.4. The largest absolute Gasteiger partial charge is 0.483 e. The monoisotopic (exact) mass is 289 g/mol. The molecule has 2 rings (SSSR count). The molecule has 0 saturated heterocycles. The van der Waals surface area contributed by atoms with Crippen LogP contribution in [0.15, 0.2) is 41.7 Å². The van der Waals surface area contributed by atoms with Crippen LogP contribution in [-0.4, -0.2) is 33.3 Å². The summed E-state index contributed by atoms with van der Waals surface area (Å²) in [6.45, 7) is -0.216. The number of rotatable bonds is 5. The third kappa shape index (κ3) is 3.72. The number of benzene rings is 1. The minimum atomic E-state index is -0.358. The summed E-state index contributed by atoms with van der Waals surface area (Å²) in [6, 6.07) is 8.36. The molecule has 0 bridgehead atoms. The van der Waals surface area contributed by atoms with Gasteiger partial charge in [0, 0.05) is 19.3 Å². The molecule has 8 nitrogen and oxygen atoms in total. The van der Waals surface area contributed by atoms with Crippen molar-refractivity contribution in [3.05, 3.63) is 42.1 Å². The summed E-state index contributed by atoms with van der Waals surface area (Å²) < 4.78 is 6.96. The highest BCUT2D eigenvalue weighted by Gasteiger charge is 2.10. The first-order chi connectivity index (χ1) is 10.1. The molecule has 1 amide bonds. The van der Waals surface area contributed by atoms with E-state index in [0.29, 0.717) is 17.1 Å². The van der Waals surface area contributed by atoms with Crippen LogP contribution in [0.3, 0.4) is 0 Å². The van der Waals surface area contributed by atoms with Gasteiger partial charge in [-0.1, -0.05) is 17.3 Å². The number of amides is 1. The molecule has 0 spiro atoms. The molecule has 0 fully saturated rings. The first kappa shape index (κ1) is 14.4. The van der Waals surface area contributed by atoms with Crippen molar-refractivity contribution in [2.24, 2.45) is 17.9 Å². The molecule has 1 aromatic carbocycles. The first-order valence-corrected chi connectivity index (χ1v) is 6.09. The molecule has 4 N–H and O–H groups in total. The van der Waals surface area contributed by atoms with Crippen molar-refractivity contribution in [2.75, 3.05) is 11.9 Å². The highest BCUT2D eigenvalue weighted by Crippen LogP contribution is 2.17. The standard InChI is InChI=1S/C13H15N5O3/c1-18-7-6-11(16-18)15-12(19)8-21-10-5-3-2-4-9(10)13(14)17-20/h2-7,20H,8H2,1H3,(H2,14,17)(H,15,16,19). The molecule has 8 heteroatoms. The number of aromatic nitrogens is 2. The second-order valence-corrected chi connectivity index (χ2v) is 4.19. The molecule has 0 aliphatic heterocycles. The predicted octanol–water partition coefficient (Wildman–Crippen LogP) is 0.532. The average Bonchev–Trinajstić information content (AvgIpc) is 2.89. The van der Waals surface area contributed by atoms with Crippen LogP contribution in [0.5, 0.6) is 5.75 Å². The number of oxime groups is 1. The molecule has 0 atom stereocenters. The number of carbonyl (C=O) groups is 1. The second kappa shape index (κ2) is 6.42. The Hall–Kier alpha value is -3.03. The number of nitrogens with one attached hydrogen (secondary N) is 1. The summed E-state index contributed by atoms with van der Waals surface area (Å²) in [7, 11) is 1.75. The van der Waals surface area contributed by atoms with Crippen molar-refractivity contribution < 1.29 is 14.7 Å². The van der Waals surface area contributed by atoms with E-state index in [1.807, 2.05) is 0 Å².